The first-order valence-corrected chi connectivity index (χ1v) is 20.0. The van der Waals surface area contributed by atoms with E-state index in [1.54, 1.807) is 97.1 Å². The fourth-order valence-corrected chi connectivity index (χ4v) is 5.06. The van der Waals surface area contributed by atoms with Crippen LogP contribution in [0.25, 0.3) is 21.3 Å². The molecule has 8 nitrogen and oxygen atoms in total. The van der Waals surface area contributed by atoms with Crippen molar-refractivity contribution >= 4 is 70.9 Å². The number of aliphatic imine (C=N–C) groups is 4. The standard InChI is InChI=1S/4C13H9F2N2.2Cr/c4*14-10-5-1-3-7-12(10)16-9-17-13-8-4-2-6-11(13)15;;/h4*1-9H;;/q4*-1;2*+2. The van der Waals surface area contributed by atoms with Crippen molar-refractivity contribution in [2.45, 2.75) is 0 Å². The Hall–Kier alpha value is -7.86. The second-order valence-electron chi connectivity index (χ2n) is 13.1. The van der Waals surface area contributed by atoms with Crippen LogP contribution in [-0.4, -0.2) is 25.4 Å². The molecule has 0 spiro atoms. The summed E-state index contributed by atoms with van der Waals surface area (Å²) in [6, 6.07) is 48.4. The van der Waals surface area contributed by atoms with Gasteiger partial charge < -0.3 is 41.2 Å². The molecule has 8 rings (SSSR count). The third kappa shape index (κ3) is 19.4. The summed E-state index contributed by atoms with van der Waals surface area (Å²) in [4.78, 5) is 15.2. The van der Waals surface area contributed by atoms with Crippen LogP contribution in [0, 0.1) is 46.5 Å². The maximum absolute atomic E-state index is 13.2. The quantitative estimate of drug-likeness (QED) is 0.0660. The van der Waals surface area contributed by atoms with Crippen molar-refractivity contribution in [3.63, 3.8) is 0 Å². The number of benzene rings is 8. The molecule has 0 aromatic heterocycles. The minimum absolute atomic E-state index is 0. The van der Waals surface area contributed by atoms with E-state index in [2.05, 4.69) is 41.2 Å². The van der Waals surface area contributed by atoms with Crippen LogP contribution in [0.1, 0.15) is 0 Å². The fraction of sp³-hybridized carbons (Fsp3) is 0. The Kier molecular flexibility index (Phi) is 25.2. The van der Waals surface area contributed by atoms with E-state index in [-0.39, 0.29) is 80.2 Å². The molecule has 0 saturated heterocycles. The SMILES string of the molecule is Fc1ccccc1N=C[N-]c1ccccc1F.Fc1ccccc1N=C[N-]c1ccccc1F.Fc1ccccc1N=C[N-]c1ccccc1F.Fc1ccccc1N=C[N-]c1ccccc1F.[Cr+2].[Cr+2]. The van der Waals surface area contributed by atoms with Crippen LogP contribution < -0.4 is 0 Å². The van der Waals surface area contributed by atoms with E-state index in [0.717, 1.165) is 25.4 Å². The van der Waals surface area contributed by atoms with Crippen LogP contribution >= 0.6 is 0 Å². The van der Waals surface area contributed by atoms with Crippen molar-refractivity contribution in [3.8, 4) is 0 Å². The van der Waals surface area contributed by atoms with Crippen molar-refractivity contribution in [3.05, 3.63) is 262 Å². The molecule has 0 aliphatic rings. The Morgan fingerprint density at radius 2 is 0.386 bits per heavy atom. The topological polar surface area (TPSA) is 106 Å². The smallest absolute Gasteiger partial charge is 0.441 e. The Morgan fingerprint density at radius 1 is 0.229 bits per heavy atom. The van der Waals surface area contributed by atoms with Crippen LogP contribution in [0.15, 0.2) is 214 Å². The van der Waals surface area contributed by atoms with Gasteiger partial charge in [0, 0.05) is 0 Å². The Bertz CT molecular complexity index is 2560. The van der Waals surface area contributed by atoms with Gasteiger partial charge in [0.1, 0.15) is 46.5 Å². The number of hydrogen-bond acceptors (Lipinski definition) is 4. The Balaban J connectivity index is 0.000000245. The summed E-state index contributed by atoms with van der Waals surface area (Å²) in [5, 5.41) is 15.2. The molecule has 70 heavy (non-hydrogen) atoms. The predicted octanol–water partition coefficient (Wildman–Crippen LogP) is 17.3. The van der Waals surface area contributed by atoms with Crippen molar-refractivity contribution in [1.29, 1.82) is 0 Å². The zero-order valence-corrected chi connectivity index (χ0v) is 38.8. The van der Waals surface area contributed by atoms with Gasteiger partial charge in [-0.1, -0.05) is 171 Å². The molecule has 0 saturated carbocycles. The third-order valence-electron chi connectivity index (χ3n) is 8.39. The van der Waals surface area contributed by atoms with Gasteiger partial charge in [-0.05, 0) is 94.0 Å². The first-order chi connectivity index (χ1) is 33.1. The molecule has 0 aliphatic carbocycles. The second kappa shape index (κ2) is 31.2. The average molecular weight is 1030 g/mol. The number of nitrogens with zero attached hydrogens (tertiary/aromatic N) is 8. The van der Waals surface area contributed by atoms with E-state index < -0.39 is 46.5 Å². The molecule has 352 valence electrons. The summed E-state index contributed by atoms with van der Waals surface area (Å²) in [6.07, 6.45) is 4.54. The average Bonchev–Trinajstić information content (AvgIpc) is 3.34. The number of hydrogen-bond donors (Lipinski definition) is 0. The summed E-state index contributed by atoms with van der Waals surface area (Å²) < 4.78 is 105. The van der Waals surface area contributed by atoms with E-state index in [0.29, 0.717) is 0 Å². The molecular weight excluding hydrogens is 993 g/mol. The van der Waals surface area contributed by atoms with E-state index >= 15 is 0 Å². The number of rotatable bonds is 12. The summed E-state index contributed by atoms with van der Waals surface area (Å²) in [5.74, 6) is -3.50. The number of para-hydroxylation sites is 8. The monoisotopic (exact) mass is 1030 g/mol. The van der Waals surface area contributed by atoms with E-state index in [1.165, 1.54) is 97.1 Å². The van der Waals surface area contributed by atoms with E-state index in [1.807, 2.05) is 0 Å². The van der Waals surface area contributed by atoms with E-state index in [4.69, 9.17) is 0 Å². The molecule has 0 atom stereocenters. The summed E-state index contributed by atoms with van der Waals surface area (Å²) in [7, 11) is 0. The molecule has 0 amide bonds. The van der Waals surface area contributed by atoms with Gasteiger partial charge in [-0.2, -0.15) is 0 Å². The molecule has 0 heterocycles. The second-order valence-corrected chi connectivity index (χ2v) is 13.1. The van der Waals surface area contributed by atoms with Gasteiger partial charge in [-0.15, -0.1) is 0 Å². The maximum atomic E-state index is 13.2. The van der Waals surface area contributed by atoms with E-state index in [9.17, 15) is 35.1 Å². The van der Waals surface area contributed by atoms with Crippen molar-refractivity contribution in [2.24, 2.45) is 20.0 Å². The molecular formula is C52H36Cr2F8N8. The van der Waals surface area contributed by atoms with Gasteiger partial charge in [0.05, 0.1) is 0 Å². The predicted molar refractivity (Wildman–Crippen MR) is 256 cm³/mol. The fourth-order valence-electron chi connectivity index (χ4n) is 5.06. The first-order valence-electron chi connectivity index (χ1n) is 20.0. The van der Waals surface area contributed by atoms with Crippen molar-refractivity contribution in [2.75, 3.05) is 0 Å². The van der Waals surface area contributed by atoms with Crippen LogP contribution in [0.2, 0.25) is 0 Å². The molecule has 0 N–H and O–H groups in total. The molecule has 0 aliphatic heterocycles. The molecule has 18 heteroatoms. The number of halogens is 8. The van der Waals surface area contributed by atoms with Gasteiger partial charge in [-0.3, -0.25) is 0 Å². The van der Waals surface area contributed by atoms with Crippen LogP contribution in [-0.2, 0) is 34.7 Å². The van der Waals surface area contributed by atoms with Crippen molar-refractivity contribution < 1.29 is 69.8 Å². The van der Waals surface area contributed by atoms with Gasteiger partial charge >= 0.3 is 34.7 Å². The van der Waals surface area contributed by atoms with Crippen LogP contribution in [0.3, 0.4) is 0 Å². The minimum atomic E-state index is -0.438. The first kappa shape index (κ1) is 56.5. The minimum Gasteiger partial charge on any atom is -0.441 e. The maximum Gasteiger partial charge on any atom is 2.00 e. The molecule has 8 aromatic rings. The summed E-state index contributed by atoms with van der Waals surface area (Å²) in [5.41, 5.74) is 1.39. The summed E-state index contributed by atoms with van der Waals surface area (Å²) >= 11 is 0. The molecule has 8 aromatic carbocycles. The third-order valence-corrected chi connectivity index (χ3v) is 8.39. The molecule has 0 unspecified atom stereocenters. The van der Waals surface area contributed by atoms with Crippen LogP contribution in [0.4, 0.5) is 80.6 Å². The molecule has 0 fully saturated rings. The van der Waals surface area contributed by atoms with Gasteiger partial charge in [0.2, 0.25) is 0 Å². The molecule has 0 radical (unpaired) electrons. The van der Waals surface area contributed by atoms with Crippen LogP contribution in [0.5, 0.6) is 0 Å². The van der Waals surface area contributed by atoms with Gasteiger partial charge in [0.15, 0.2) is 0 Å². The van der Waals surface area contributed by atoms with Crippen molar-refractivity contribution in [1.82, 2.24) is 0 Å². The van der Waals surface area contributed by atoms with Gasteiger partial charge in [-0.25, -0.2) is 35.1 Å². The Labute approximate surface area is 420 Å². The van der Waals surface area contributed by atoms with Gasteiger partial charge in [0.25, 0.3) is 0 Å². The largest absolute Gasteiger partial charge is 2.00 e. The summed E-state index contributed by atoms with van der Waals surface area (Å²) in [6.45, 7) is 0. The Morgan fingerprint density at radius 3 is 0.557 bits per heavy atom. The molecule has 0 bridgehead atoms. The zero-order chi connectivity index (χ0) is 48.4. The normalized spacial score (nSPS) is 10.4. The zero-order valence-electron chi connectivity index (χ0n) is 36.2.